The Labute approximate surface area is 301 Å². The SMILES string of the molecule is CCCCCCCCCCCCCCCCCCCCCC[N+](CC)(CCCCCCCCCC)CCCCCCCCCCCC. The second kappa shape index (κ2) is 40.4. The maximum atomic E-state index is 2.51. The quantitative estimate of drug-likeness (QED) is 0.0451. The molecule has 284 valence electrons. The minimum atomic E-state index is 1.37. The average molecular weight is 663 g/mol. The third kappa shape index (κ3) is 35.6. The first kappa shape index (κ1) is 47.0. The van der Waals surface area contributed by atoms with Gasteiger partial charge in [0.2, 0.25) is 0 Å². The zero-order valence-electron chi connectivity index (χ0n) is 34.1. The molecular formula is C46H96N+. The first-order valence-corrected chi connectivity index (χ1v) is 23.1. The highest BCUT2D eigenvalue weighted by atomic mass is 15.3. The van der Waals surface area contributed by atoms with E-state index in [9.17, 15) is 0 Å². The Kier molecular flexibility index (Phi) is 40.4. The zero-order chi connectivity index (χ0) is 34.2. The molecule has 0 aromatic rings. The molecule has 0 aliphatic rings. The average Bonchev–Trinajstić information content (AvgIpc) is 3.09. The van der Waals surface area contributed by atoms with Crippen LogP contribution in [0, 0.1) is 0 Å². The fourth-order valence-corrected chi connectivity index (χ4v) is 8.03. The minimum absolute atomic E-state index is 1.37. The fraction of sp³-hybridized carbons (Fsp3) is 1.00. The molecule has 0 N–H and O–H groups in total. The monoisotopic (exact) mass is 663 g/mol. The van der Waals surface area contributed by atoms with Crippen LogP contribution in [-0.4, -0.2) is 30.7 Å². The summed E-state index contributed by atoms with van der Waals surface area (Å²) in [6, 6.07) is 0. The number of quaternary nitrogens is 1. The first-order chi connectivity index (χ1) is 23.2. The molecule has 0 saturated heterocycles. The summed E-state index contributed by atoms with van der Waals surface area (Å²) in [7, 11) is 0. The molecule has 0 fully saturated rings. The largest absolute Gasteiger partial charge is 0.324 e. The lowest BCUT2D eigenvalue weighted by molar-refractivity contribution is -0.927. The summed E-state index contributed by atoms with van der Waals surface area (Å²) in [6.07, 6.45) is 55.8. The molecule has 0 amide bonds. The Morgan fingerprint density at radius 1 is 0.191 bits per heavy atom. The predicted octanol–water partition coefficient (Wildman–Crippen LogP) is 16.7. The molecule has 0 aromatic carbocycles. The van der Waals surface area contributed by atoms with Crippen molar-refractivity contribution in [2.24, 2.45) is 0 Å². The highest BCUT2D eigenvalue weighted by Gasteiger charge is 2.23. The lowest BCUT2D eigenvalue weighted by atomic mass is 10.0. The van der Waals surface area contributed by atoms with Gasteiger partial charge in [0.1, 0.15) is 0 Å². The van der Waals surface area contributed by atoms with Crippen LogP contribution in [0.4, 0.5) is 0 Å². The van der Waals surface area contributed by atoms with Gasteiger partial charge in [-0.3, -0.25) is 0 Å². The highest BCUT2D eigenvalue weighted by molar-refractivity contribution is 4.55. The van der Waals surface area contributed by atoms with Gasteiger partial charge in [-0.25, -0.2) is 0 Å². The van der Waals surface area contributed by atoms with E-state index in [1.54, 1.807) is 0 Å². The van der Waals surface area contributed by atoms with Crippen LogP contribution in [0.3, 0.4) is 0 Å². The Balaban J connectivity index is 3.99. The van der Waals surface area contributed by atoms with Gasteiger partial charge in [-0.1, -0.05) is 226 Å². The lowest BCUT2D eigenvalue weighted by Gasteiger charge is -2.38. The third-order valence-corrected chi connectivity index (χ3v) is 11.6. The molecule has 1 nitrogen and oxygen atoms in total. The summed E-state index contributed by atoms with van der Waals surface area (Å²) in [5.74, 6) is 0. The smallest absolute Gasteiger partial charge is 0.0786 e. The molecule has 0 aromatic heterocycles. The van der Waals surface area contributed by atoms with Crippen molar-refractivity contribution in [1.82, 2.24) is 0 Å². The maximum Gasteiger partial charge on any atom is 0.0786 e. The van der Waals surface area contributed by atoms with E-state index >= 15 is 0 Å². The summed E-state index contributed by atoms with van der Waals surface area (Å²) < 4.78 is 1.44. The van der Waals surface area contributed by atoms with Gasteiger partial charge in [0.25, 0.3) is 0 Å². The van der Waals surface area contributed by atoms with Crippen LogP contribution >= 0.6 is 0 Å². The molecule has 0 aliphatic heterocycles. The van der Waals surface area contributed by atoms with Crippen molar-refractivity contribution in [3.8, 4) is 0 Å². The van der Waals surface area contributed by atoms with Crippen LogP contribution in [0.25, 0.3) is 0 Å². The van der Waals surface area contributed by atoms with Crippen LogP contribution in [-0.2, 0) is 0 Å². The van der Waals surface area contributed by atoms with Crippen LogP contribution in [0.5, 0.6) is 0 Å². The van der Waals surface area contributed by atoms with Gasteiger partial charge in [-0.2, -0.15) is 0 Å². The molecule has 0 heterocycles. The van der Waals surface area contributed by atoms with E-state index in [4.69, 9.17) is 0 Å². The summed E-state index contributed by atoms with van der Waals surface area (Å²) in [4.78, 5) is 0. The van der Waals surface area contributed by atoms with Crippen LogP contribution < -0.4 is 0 Å². The molecule has 0 bridgehead atoms. The van der Waals surface area contributed by atoms with Crippen molar-refractivity contribution >= 4 is 0 Å². The molecule has 0 radical (unpaired) electrons. The molecule has 0 rings (SSSR count). The summed E-state index contributed by atoms with van der Waals surface area (Å²) in [6.45, 7) is 15.2. The Bertz CT molecular complexity index is 543. The number of hydrogen-bond acceptors (Lipinski definition) is 0. The van der Waals surface area contributed by atoms with Gasteiger partial charge >= 0.3 is 0 Å². The van der Waals surface area contributed by atoms with E-state index in [2.05, 4.69) is 27.7 Å². The van der Waals surface area contributed by atoms with Gasteiger partial charge in [-0.05, 0) is 45.4 Å². The summed E-state index contributed by atoms with van der Waals surface area (Å²) in [5, 5.41) is 0. The van der Waals surface area contributed by atoms with Crippen LogP contribution in [0.2, 0.25) is 0 Å². The van der Waals surface area contributed by atoms with E-state index in [1.807, 2.05) is 0 Å². The second-order valence-electron chi connectivity index (χ2n) is 16.2. The number of rotatable bonds is 42. The van der Waals surface area contributed by atoms with Crippen molar-refractivity contribution in [3.63, 3.8) is 0 Å². The molecule has 1 unspecified atom stereocenters. The van der Waals surface area contributed by atoms with Crippen molar-refractivity contribution in [3.05, 3.63) is 0 Å². The third-order valence-electron chi connectivity index (χ3n) is 11.6. The normalized spacial score (nSPS) is 13.0. The topological polar surface area (TPSA) is 0 Å². The Morgan fingerprint density at radius 3 is 0.489 bits per heavy atom. The van der Waals surface area contributed by atoms with E-state index in [1.165, 1.54) is 275 Å². The van der Waals surface area contributed by atoms with Gasteiger partial charge in [0.15, 0.2) is 0 Å². The van der Waals surface area contributed by atoms with Crippen LogP contribution in [0.15, 0.2) is 0 Å². The molecule has 0 spiro atoms. The van der Waals surface area contributed by atoms with Gasteiger partial charge in [0, 0.05) is 0 Å². The zero-order valence-corrected chi connectivity index (χ0v) is 34.1. The minimum Gasteiger partial charge on any atom is -0.324 e. The summed E-state index contributed by atoms with van der Waals surface area (Å²) >= 11 is 0. The van der Waals surface area contributed by atoms with E-state index < -0.39 is 0 Å². The number of hydrogen-bond donors (Lipinski definition) is 0. The molecule has 0 aliphatic carbocycles. The van der Waals surface area contributed by atoms with Crippen LogP contribution in [0.1, 0.15) is 272 Å². The first-order valence-electron chi connectivity index (χ1n) is 23.1. The van der Waals surface area contributed by atoms with Crippen molar-refractivity contribution < 1.29 is 4.48 Å². The maximum absolute atomic E-state index is 2.51. The molecule has 1 heteroatoms. The van der Waals surface area contributed by atoms with Gasteiger partial charge < -0.3 is 4.48 Å². The van der Waals surface area contributed by atoms with Crippen molar-refractivity contribution in [2.75, 3.05) is 26.2 Å². The summed E-state index contributed by atoms with van der Waals surface area (Å²) in [5.41, 5.74) is 0. The van der Waals surface area contributed by atoms with E-state index in [0.717, 1.165) is 0 Å². The van der Waals surface area contributed by atoms with Crippen molar-refractivity contribution in [1.29, 1.82) is 0 Å². The van der Waals surface area contributed by atoms with Gasteiger partial charge in [0.05, 0.1) is 26.2 Å². The molecule has 47 heavy (non-hydrogen) atoms. The second-order valence-corrected chi connectivity index (χ2v) is 16.2. The fourth-order valence-electron chi connectivity index (χ4n) is 8.03. The standard InChI is InChI=1S/C46H96N/c1-5-9-12-15-18-21-23-24-25-26-27-28-29-30-31-32-34-37-40-43-46-47(8-4,44-41-38-35-20-17-14-11-7-3)45-42-39-36-33-22-19-16-13-10-6-2/h5-46H2,1-4H3/q+1. The molecule has 0 saturated carbocycles. The Hall–Kier alpha value is -0.0400. The van der Waals surface area contributed by atoms with Crippen molar-refractivity contribution in [2.45, 2.75) is 272 Å². The predicted molar refractivity (Wildman–Crippen MR) is 218 cm³/mol. The van der Waals surface area contributed by atoms with Gasteiger partial charge in [-0.15, -0.1) is 0 Å². The Morgan fingerprint density at radius 2 is 0.340 bits per heavy atom. The van der Waals surface area contributed by atoms with E-state index in [0.29, 0.717) is 0 Å². The molecular weight excluding hydrogens is 567 g/mol. The number of unbranched alkanes of at least 4 members (excludes halogenated alkanes) is 35. The lowest BCUT2D eigenvalue weighted by Crippen LogP contribution is -2.50. The molecule has 1 atom stereocenters. The number of nitrogens with zero attached hydrogens (tertiary/aromatic N) is 1. The van der Waals surface area contributed by atoms with E-state index in [-0.39, 0.29) is 0 Å². The highest BCUT2D eigenvalue weighted by Crippen LogP contribution is 2.20.